The molecular weight excluding hydrogens is 188 g/mol. The summed E-state index contributed by atoms with van der Waals surface area (Å²) in [5.74, 6) is -0.166. The van der Waals surface area contributed by atoms with Crippen LogP contribution in [-0.4, -0.2) is 11.0 Å². The maximum Gasteiger partial charge on any atom is 0.337 e. The number of ether oxygens (including phenoxy) is 1. The molecule has 0 aliphatic rings. The number of rotatable bonds is 3. The average Bonchev–Trinajstić information content (AvgIpc) is 2.48. The highest BCUT2D eigenvalue weighted by Crippen LogP contribution is 2.17. The maximum absolute atomic E-state index is 11.0. The Bertz CT molecular complexity index is 320. The first kappa shape index (κ1) is 9.73. The number of nitrogens with zero attached hydrogens (tertiary/aromatic N) is 1. The van der Waals surface area contributed by atoms with Crippen LogP contribution in [0, 0.1) is 0 Å². The van der Waals surface area contributed by atoms with Gasteiger partial charge in [-0.1, -0.05) is 13.0 Å². The predicted molar refractivity (Wildman–Crippen MR) is 51.6 cm³/mol. The maximum atomic E-state index is 11.0. The monoisotopic (exact) mass is 198 g/mol. The van der Waals surface area contributed by atoms with E-state index >= 15 is 0 Å². The smallest absolute Gasteiger partial charge is 0.337 e. The molecule has 70 valence electrons. The van der Waals surface area contributed by atoms with E-state index in [2.05, 4.69) is 4.98 Å². The van der Waals surface area contributed by atoms with Crippen LogP contribution in [0.5, 0.6) is 5.88 Å². The van der Waals surface area contributed by atoms with Gasteiger partial charge >= 0.3 is 5.97 Å². The zero-order valence-corrected chi connectivity index (χ0v) is 8.00. The molecule has 1 heterocycles. The van der Waals surface area contributed by atoms with Gasteiger partial charge in [0.2, 0.25) is 5.88 Å². The van der Waals surface area contributed by atoms with Crippen LogP contribution in [0.3, 0.4) is 0 Å². The molecule has 5 heteroatoms. The molecule has 0 bridgehead atoms. The van der Waals surface area contributed by atoms with E-state index in [1.165, 1.54) is 17.4 Å². The van der Waals surface area contributed by atoms with Crippen molar-refractivity contribution < 1.29 is 9.53 Å². The Kier molecular flexibility index (Phi) is 3.45. The summed E-state index contributed by atoms with van der Waals surface area (Å²) >= 11 is 1.24. The standard InChI is InChI=1S/C8H10N2O2S/c1-2-3-4-7(11)12-6-5-13-8(9)10-6/h3-5H,2H2,1H3,(H2,9,10). The highest BCUT2D eigenvalue weighted by molar-refractivity contribution is 7.13. The van der Waals surface area contributed by atoms with Crippen LogP contribution in [-0.2, 0) is 4.79 Å². The first-order valence-corrected chi connectivity index (χ1v) is 4.69. The number of anilines is 1. The van der Waals surface area contributed by atoms with Crippen molar-refractivity contribution in [3.05, 3.63) is 17.5 Å². The van der Waals surface area contributed by atoms with Crippen molar-refractivity contribution in [1.29, 1.82) is 0 Å². The minimum absolute atomic E-state index is 0.258. The predicted octanol–water partition coefficient (Wildman–Crippen LogP) is 1.60. The highest BCUT2D eigenvalue weighted by Gasteiger charge is 2.03. The molecule has 0 aliphatic heterocycles. The minimum Gasteiger partial charge on any atom is -0.403 e. The molecule has 0 amide bonds. The van der Waals surface area contributed by atoms with Crippen LogP contribution in [0.1, 0.15) is 13.3 Å². The molecule has 13 heavy (non-hydrogen) atoms. The average molecular weight is 198 g/mol. The molecule has 1 rings (SSSR count). The van der Waals surface area contributed by atoms with Crippen molar-refractivity contribution in [2.24, 2.45) is 0 Å². The summed E-state index contributed by atoms with van der Waals surface area (Å²) in [6.07, 6.45) is 3.89. The molecule has 2 N–H and O–H groups in total. The molecule has 0 unspecified atom stereocenters. The number of carbonyl (C=O) groups is 1. The summed E-state index contributed by atoms with van der Waals surface area (Å²) in [6, 6.07) is 0. The number of allylic oxidation sites excluding steroid dienone is 1. The summed E-state index contributed by atoms with van der Waals surface area (Å²) in [5, 5.41) is 1.98. The van der Waals surface area contributed by atoms with Gasteiger partial charge in [0.15, 0.2) is 5.13 Å². The van der Waals surface area contributed by atoms with Crippen molar-refractivity contribution in [2.45, 2.75) is 13.3 Å². The fraction of sp³-hybridized carbons (Fsp3) is 0.250. The first-order chi connectivity index (χ1) is 6.22. The number of aromatic nitrogens is 1. The van der Waals surface area contributed by atoms with E-state index in [4.69, 9.17) is 10.5 Å². The minimum atomic E-state index is -0.424. The summed E-state index contributed by atoms with van der Waals surface area (Å²) < 4.78 is 4.83. The molecular formula is C8H10N2O2S. The quantitative estimate of drug-likeness (QED) is 0.591. The Morgan fingerprint density at radius 1 is 1.85 bits per heavy atom. The number of hydrogen-bond donors (Lipinski definition) is 1. The van der Waals surface area contributed by atoms with Crippen molar-refractivity contribution in [1.82, 2.24) is 4.98 Å². The van der Waals surface area contributed by atoms with Gasteiger partial charge in [0.1, 0.15) is 0 Å². The van der Waals surface area contributed by atoms with Crippen LogP contribution < -0.4 is 10.5 Å². The third-order valence-corrected chi connectivity index (χ3v) is 1.85. The number of esters is 1. The zero-order chi connectivity index (χ0) is 9.68. The van der Waals surface area contributed by atoms with E-state index in [0.717, 1.165) is 6.42 Å². The van der Waals surface area contributed by atoms with Gasteiger partial charge in [0, 0.05) is 6.08 Å². The zero-order valence-electron chi connectivity index (χ0n) is 7.19. The van der Waals surface area contributed by atoms with E-state index in [-0.39, 0.29) is 5.88 Å². The second-order valence-electron chi connectivity index (χ2n) is 2.26. The fourth-order valence-electron chi connectivity index (χ4n) is 0.670. The lowest BCUT2D eigenvalue weighted by atomic mass is 10.4. The van der Waals surface area contributed by atoms with Crippen LogP contribution in [0.4, 0.5) is 5.13 Å². The molecule has 0 radical (unpaired) electrons. The van der Waals surface area contributed by atoms with Crippen molar-refractivity contribution in [3.63, 3.8) is 0 Å². The fourth-order valence-corrected chi connectivity index (χ4v) is 1.14. The van der Waals surface area contributed by atoms with E-state index in [1.807, 2.05) is 6.92 Å². The summed E-state index contributed by atoms with van der Waals surface area (Å²) in [4.78, 5) is 14.8. The summed E-state index contributed by atoms with van der Waals surface area (Å²) in [6.45, 7) is 1.94. The summed E-state index contributed by atoms with van der Waals surface area (Å²) in [7, 11) is 0. The number of nitrogens with two attached hydrogens (primary N) is 1. The second kappa shape index (κ2) is 4.61. The van der Waals surface area contributed by atoms with E-state index in [1.54, 1.807) is 11.5 Å². The van der Waals surface area contributed by atoms with E-state index in [0.29, 0.717) is 5.13 Å². The molecule has 0 fully saturated rings. The lowest BCUT2D eigenvalue weighted by Crippen LogP contribution is -2.03. The number of hydrogen-bond acceptors (Lipinski definition) is 5. The van der Waals surface area contributed by atoms with Gasteiger partial charge < -0.3 is 10.5 Å². The van der Waals surface area contributed by atoms with Gasteiger partial charge in [-0.15, -0.1) is 11.3 Å². The van der Waals surface area contributed by atoms with Gasteiger partial charge in [-0.05, 0) is 6.42 Å². The molecule has 1 aromatic rings. The molecule has 0 aliphatic carbocycles. The lowest BCUT2D eigenvalue weighted by Gasteiger charge is -1.93. The molecule has 1 aromatic heterocycles. The lowest BCUT2D eigenvalue weighted by molar-refractivity contribution is -0.129. The Labute approximate surface area is 80.0 Å². The Morgan fingerprint density at radius 3 is 3.15 bits per heavy atom. The van der Waals surface area contributed by atoms with E-state index in [9.17, 15) is 4.79 Å². The van der Waals surface area contributed by atoms with Crippen LogP contribution >= 0.6 is 11.3 Å². The molecule has 0 saturated carbocycles. The molecule has 0 atom stereocenters. The summed E-state index contributed by atoms with van der Waals surface area (Å²) in [5.41, 5.74) is 5.35. The topological polar surface area (TPSA) is 65.2 Å². The normalized spacial score (nSPS) is 10.5. The second-order valence-corrected chi connectivity index (χ2v) is 3.15. The third kappa shape index (κ3) is 3.25. The number of thiazole rings is 1. The van der Waals surface area contributed by atoms with E-state index < -0.39 is 5.97 Å². The van der Waals surface area contributed by atoms with Gasteiger partial charge in [-0.25, -0.2) is 4.79 Å². The van der Waals surface area contributed by atoms with Gasteiger partial charge in [-0.3, -0.25) is 0 Å². The van der Waals surface area contributed by atoms with Crippen molar-refractivity contribution in [3.8, 4) is 5.88 Å². The Hall–Kier alpha value is -1.36. The number of nitrogen functional groups attached to an aromatic ring is 1. The van der Waals surface area contributed by atoms with Crippen molar-refractivity contribution in [2.75, 3.05) is 5.73 Å². The highest BCUT2D eigenvalue weighted by atomic mass is 32.1. The number of carbonyl (C=O) groups excluding carboxylic acids is 1. The molecule has 0 saturated heterocycles. The largest absolute Gasteiger partial charge is 0.403 e. The molecule has 0 spiro atoms. The first-order valence-electron chi connectivity index (χ1n) is 3.81. The van der Waals surface area contributed by atoms with Crippen LogP contribution in [0.2, 0.25) is 0 Å². The SMILES string of the molecule is CCC=CC(=O)Oc1csc(N)n1. The Morgan fingerprint density at radius 2 is 2.62 bits per heavy atom. The third-order valence-electron chi connectivity index (χ3n) is 1.20. The Balaban J connectivity index is 2.50. The van der Waals surface area contributed by atoms with Crippen molar-refractivity contribution >= 4 is 22.4 Å². The van der Waals surface area contributed by atoms with Gasteiger partial charge in [0.05, 0.1) is 5.38 Å². The van der Waals surface area contributed by atoms with Crippen LogP contribution in [0.15, 0.2) is 17.5 Å². The molecule has 4 nitrogen and oxygen atoms in total. The van der Waals surface area contributed by atoms with Gasteiger partial charge in [-0.2, -0.15) is 4.98 Å². The van der Waals surface area contributed by atoms with Crippen LogP contribution in [0.25, 0.3) is 0 Å². The molecule has 0 aromatic carbocycles. The van der Waals surface area contributed by atoms with Gasteiger partial charge in [0.25, 0.3) is 0 Å².